The fourth-order valence-electron chi connectivity index (χ4n) is 2.20. The Morgan fingerprint density at radius 3 is 2.85 bits per heavy atom. The van der Waals surface area contributed by atoms with Crippen molar-refractivity contribution in [2.75, 3.05) is 32.8 Å². The summed E-state index contributed by atoms with van der Waals surface area (Å²) in [6, 6.07) is 2.31. The maximum absolute atomic E-state index is 11.8. The first-order chi connectivity index (χ1) is 9.66. The van der Waals surface area contributed by atoms with Gasteiger partial charge in [0, 0.05) is 30.6 Å². The molecule has 2 heterocycles. The number of hydrogen-bond donors (Lipinski definition) is 2. The maximum Gasteiger partial charge on any atom is 0.315 e. The summed E-state index contributed by atoms with van der Waals surface area (Å²) < 4.78 is 5.33. The first-order valence-electron chi connectivity index (χ1n) is 7.03. The summed E-state index contributed by atoms with van der Waals surface area (Å²) in [7, 11) is 0. The van der Waals surface area contributed by atoms with Gasteiger partial charge in [-0.25, -0.2) is 4.79 Å². The van der Waals surface area contributed by atoms with E-state index in [1.807, 2.05) is 5.38 Å². The van der Waals surface area contributed by atoms with Crippen LogP contribution in [0, 0.1) is 6.92 Å². The summed E-state index contributed by atoms with van der Waals surface area (Å²) in [6.45, 7) is 8.91. The normalized spacial score (nSPS) is 17.7. The lowest BCUT2D eigenvalue weighted by Crippen LogP contribution is -2.48. The summed E-state index contributed by atoms with van der Waals surface area (Å²) in [5, 5.41) is 7.88. The number of amides is 2. The molecule has 2 rings (SSSR count). The molecular weight excluding hydrogens is 274 g/mol. The number of hydrogen-bond acceptors (Lipinski definition) is 4. The molecule has 0 unspecified atom stereocenters. The van der Waals surface area contributed by atoms with Crippen molar-refractivity contribution in [2.45, 2.75) is 26.4 Å². The van der Waals surface area contributed by atoms with E-state index < -0.39 is 0 Å². The van der Waals surface area contributed by atoms with Crippen LogP contribution in [-0.4, -0.2) is 49.8 Å². The number of nitrogens with zero attached hydrogens (tertiary/aromatic N) is 1. The fourth-order valence-corrected chi connectivity index (χ4v) is 3.04. The highest BCUT2D eigenvalue weighted by Crippen LogP contribution is 2.14. The summed E-state index contributed by atoms with van der Waals surface area (Å²) in [5.74, 6) is 0. The number of carbonyl (C=O) groups excluding carboxylic acids is 1. The van der Waals surface area contributed by atoms with Crippen LogP contribution in [0.4, 0.5) is 4.79 Å². The fraction of sp³-hybridized carbons (Fsp3) is 0.643. The van der Waals surface area contributed by atoms with Gasteiger partial charge in [-0.3, -0.25) is 4.90 Å². The number of ether oxygens (including phenoxy) is 1. The number of aryl methyl sites for hydroxylation is 1. The van der Waals surface area contributed by atoms with Gasteiger partial charge in [0.25, 0.3) is 0 Å². The average Bonchev–Trinajstić information content (AvgIpc) is 2.89. The molecule has 1 aliphatic heterocycles. The van der Waals surface area contributed by atoms with Crippen molar-refractivity contribution in [2.24, 2.45) is 0 Å². The predicted molar refractivity (Wildman–Crippen MR) is 81.1 cm³/mol. The molecule has 5 nitrogen and oxygen atoms in total. The largest absolute Gasteiger partial charge is 0.379 e. The third kappa shape index (κ3) is 4.47. The Morgan fingerprint density at radius 1 is 1.45 bits per heavy atom. The molecule has 1 aromatic rings. The van der Waals surface area contributed by atoms with E-state index in [4.69, 9.17) is 4.74 Å². The molecule has 112 valence electrons. The number of nitrogens with one attached hydrogen (secondary N) is 2. The van der Waals surface area contributed by atoms with Gasteiger partial charge in [0.2, 0.25) is 0 Å². The standard InChI is InChI=1S/C14H23N3O2S/c1-11-3-8-20-13(11)10-16-14(18)15-9-12(2)17-4-6-19-7-5-17/h3,8,12H,4-7,9-10H2,1-2H3,(H2,15,16,18)/t12-/m0/s1. The Labute approximate surface area is 124 Å². The van der Waals surface area contributed by atoms with E-state index in [0.717, 1.165) is 26.3 Å². The van der Waals surface area contributed by atoms with Crippen molar-refractivity contribution >= 4 is 17.4 Å². The smallest absolute Gasteiger partial charge is 0.315 e. The average molecular weight is 297 g/mol. The Bertz CT molecular complexity index is 430. The predicted octanol–water partition coefficient (Wildman–Crippen LogP) is 1.58. The minimum Gasteiger partial charge on any atom is -0.379 e. The number of urea groups is 1. The molecular formula is C14H23N3O2S. The van der Waals surface area contributed by atoms with Gasteiger partial charge < -0.3 is 15.4 Å². The van der Waals surface area contributed by atoms with Gasteiger partial charge in [-0.05, 0) is 30.9 Å². The van der Waals surface area contributed by atoms with Crippen molar-refractivity contribution in [3.05, 3.63) is 21.9 Å². The lowest BCUT2D eigenvalue weighted by atomic mass is 10.2. The van der Waals surface area contributed by atoms with E-state index in [-0.39, 0.29) is 6.03 Å². The van der Waals surface area contributed by atoms with Crippen LogP contribution in [0.2, 0.25) is 0 Å². The molecule has 1 aromatic heterocycles. The van der Waals surface area contributed by atoms with E-state index in [9.17, 15) is 4.79 Å². The van der Waals surface area contributed by atoms with Gasteiger partial charge in [-0.1, -0.05) is 0 Å². The third-order valence-corrected chi connectivity index (χ3v) is 4.63. The van der Waals surface area contributed by atoms with Gasteiger partial charge in [-0.2, -0.15) is 0 Å². The zero-order valence-corrected chi connectivity index (χ0v) is 13.0. The molecule has 6 heteroatoms. The molecule has 2 amide bonds. The summed E-state index contributed by atoms with van der Waals surface area (Å²) in [6.07, 6.45) is 0. The van der Waals surface area contributed by atoms with Crippen LogP contribution in [-0.2, 0) is 11.3 Å². The Kier molecular flexibility index (Phi) is 5.82. The molecule has 1 saturated heterocycles. The van der Waals surface area contributed by atoms with Crippen molar-refractivity contribution in [1.82, 2.24) is 15.5 Å². The van der Waals surface area contributed by atoms with E-state index in [1.165, 1.54) is 10.4 Å². The zero-order valence-electron chi connectivity index (χ0n) is 12.1. The second-order valence-corrected chi connectivity index (χ2v) is 6.09. The molecule has 1 atom stereocenters. The van der Waals surface area contributed by atoms with Crippen LogP contribution in [0.15, 0.2) is 11.4 Å². The molecule has 0 aliphatic carbocycles. The lowest BCUT2D eigenvalue weighted by molar-refractivity contribution is 0.0209. The number of carbonyl (C=O) groups is 1. The molecule has 0 radical (unpaired) electrons. The van der Waals surface area contributed by atoms with Gasteiger partial charge >= 0.3 is 6.03 Å². The molecule has 0 spiro atoms. The number of thiophene rings is 1. The van der Waals surface area contributed by atoms with E-state index in [1.54, 1.807) is 11.3 Å². The van der Waals surface area contributed by atoms with Crippen LogP contribution >= 0.6 is 11.3 Å². The topological polar surface area (TPSA) is 53.6 Å². The van der Waals surface area contributed by atoms with Gasteiger partial charge in [-0.15, -0.1) is 11.3 Å². The molecule has 1 aliphatic rings. The van der Waals surface area contributed by atoms with Crippen LogP contribution in [0.1, 0.15) is 17.4 Å². The van der Waals surface area contributed by atoms with Crippen molar-refractivity contribution in [1.29, 1.82) is 0 Å². The second kappa shape index (κ2) is 7.61. The summed E-state index contributed by atoms with van der Waals surface area (Å²) in [4.78, 5) is 15.3. The van der Waals surface area contributed by atoms with Crippen LogP contribution in [0.25, 0.3) is 0 Å². The van der Waals surface area contributed by atoms with Crippen LogP contribution < -0.4 is 10.6 Å². The maximum atomic E-state index is 11.8. The van der Waals surface area contributed by atoms with Crippen molar-refractivity contribution < 1.29 is 9.53 Å². The minimum atomic E-state index is -0.0992. The van der Waals surface area contributed by atoms with E-state index in [2.05, 4.69) is 35.4 Å². The van der Waals surface area contributed by atoms with E-state index in [0.29, 0.717) is 19.1 Å². The van der Waals surface area contributed by atoms with Crippen LogP contribution in [0.3, 0.4) is 0 Å². The highest BCUT2D eigenvalue weighted by atomic mass is 32.1. The first-order valence-corrected chi connectivity index (χ1v) is 7.91. The minimum absolute atomic E-state index is 0.0992. The zero-order chi connectivity index (χ0) is 14.4. The highest BCUT2D eigenvalue weighted by molar-refractivity contribution is 7.10. The van der Waals surface area contributed by atoms with Crippen molar-refractivity contribution in [3.8, 4) is 0 Å². The number of rotatable bonds is 5. The lowest BCUT2D eigenvalue weighted by Gasteiger charge is -2.32. The van der Waals surface area contributed by atoms with Crippen molar-refractivity contribution in [3.63, 3.8) is 0 Å². The number of morpholine rings is 1. The quantitative estimate of drug-likeness (QED) is 0.867. The molecule has 20 heavy (non-hydrogen) atoms. The monoisotopic (exact) mass is 297 g/mol. The van der Waals surface area contributed by atoms with Gasteiger partial charge in [0.05, 0.1) is 19.8 Å². The SMILES string of the molecule is Cc1ccsc1CNC(=O)NC[C@H](C)N1CCOCC1. The van der Waals surface area contributed by atoms with Gasteiger partial charge in [0.15, 0.2) is 0 Å². The Balaban J connectivity index is 1.65. The third-order valence-electron chi connectivity index (χ3n) is 3.60. The Hall–Kier alpha value is -1.11. The second-order valence-electron chi connectivity index (χ2n) is 5.09. The molecule has 0 aromatic carbocycles. The summed E-state index contributed by atoms with van der Waals surface area (Å²) in [5.41, 5.74) is 1.23. The van der Waals surface area contributed by atoms with Crippen LogP contribution in [0.5, 0.6) is 0 Å². The molecule has 0 bridgehead atoms. The molecule has 2 N–H and O–H groups in total. The van der Waals surface area contributed by atoms with E-state index >= 15 is 0 Å². The highest BCUT2D eigenvalue weighted by Gasteiger charge is 2.17. The van der Waals surface area contributed by atoms with Gasteiger partial charge in [0.1, 0.15) is 0 Å². The molecule has 0 saturated carbocycles. The molecule has 1 fully saturated rings. The Morgan fingerprint density at radius 2 is 2.20 bits per heavy atom. The summed E-state index contributed by atoms with van der Waals surface area (Å²) >= 11 is 1.67. The first kappa shape index (κ1) is 15.3.